The van der Waals surface area contributed by atoms with E-state index in [1.807, 2.05) is 12.1 Å². The van der Waals surface area contributed by atoms with E-state index >= 15 is 0 Å². The molecule has 4 aliphatic rings. The largest absolute Gasteiger partial charge is 0.367 e. The zero-order valence-electron chi connectivity index (χ0n) is 12.8. The lowest BCUT2D eigenvalue weighted by Crippen LogP contribution is -2.68. The Labute approximate surface area is 126 Å². The number of nitrogens with zero attached hydrogens (tertiary/aromatic N) is 1. The summed E-state index contributed by atoms with van der Waals surface area (Å²) < 4.78 is 13.6. The Morgan fingerprint density at radius 1 is 1.14 bits per heavy atom. The van der Waals surface area contributed by atoms with Gasteiger partial charge in [-0.1, -0.05) is 6.07 Å². The molecule has 5 rings (SSSR count). The van der Waals surface area contributed by atoms with Crippen molar-refractivity contribution >= 4 is 5.69 Å². The molecule has 21 heavy (non-hydrogen) atoms. The number of anilines is 1. The summed E-state index contributed by atoms with van der Waals surface area (Å²) >= 11 is 0. The fourth-order valence-corrected chi connectivity index (χ4v) is 5.94. The van der Waals surface area contributed by atoms with Gasteiger partial charge in [0.2, 0.25) is 0 Å². The van der Waals surface area contributed by atoms with E-state index in [2.05, 4.69) is 11.9 Å². The fourth-order valence-electron chi connectivity index (χ4n) is 5.94. The van der Waals surface area contributed by atoms with Gasteiger partial charge < -0.3 is 10.6 Å². The van der Waals surface area contributed by atoms with E-state index < -0.39 is 0 Å². The van der Waals surface area contributed by atoms with Gasteiger partial charge in [0.25, 0.3) is 0 Å². The van der Waals surface area contributed by atoms with Crippen LogP contribution in [0.25, 0.3) is 0 Å². The summed E-state index contributed by atoms with van der Waals surface area (Å²) in [7, 11) is 2.13. The van der Waals surface area contributed by atoms with Crippen molar-refractivity contribution in [1.82, 2.24) is 0 Å². The molecule has 0 aromatic heterocycles. The highest BCUT2D eigenvalue weighted by atomic mass is 19.1. The molecule has 114 valence electrons. The molecule has 4 aliphatic carbocycles. The van der Waals surface area contributed by atoms with Crippen LogP contribution in [0.1, 0.15) is 32.1 Å². The quantitative estimate of drug-likeness (QED) is 0.923. The van der Waals surface area contributed by atoms with Gasteiger partial charge in [-0.3, -0.25) is 0 Å². The minimum absolute atomic E-state index is 0.0429. The van der Waals surface area contributed by atoms with Crippen LogP contribution in [0.5, 0.6) is 0 Å². The van der Waals surface area contributed by atoms with E-state index in [0.717, 1.165) is 17.5 Å². The average Bonchev–Trinajstić information content (AvgIpc) is 2.47. The Morgan fingerprint density at radius 2 is 1.76 bits per heavy atom. The number of likely N-dealkylation sites (N-methyl/N-ethyl adjacent to an activating group) is 1. The molecule has 1 aromatic carbocycles. The summed E-state index contributed by atoms with van der Waals surface area (Å²) in [5.74, 6) is 3.07. The van der Waals surface area contributed by atoms with Gasteiger partial charge in [-0.2, -0.15) is 0 Å². The molecular weight excluding hydrogens is 263 g/mol. The minimum Gasteiger partial charge on any atom is -0.367 e. The maximum absolute atomic E-state index is 13.6. The third kappa shape index (κ3) is 1.86. The van der Waals surface area contributed by atoms with E-state index in [9.17, 15) is 4.39 Å². The molecule has 0 heterocycles. The summed E-state index contributed by atoms with van der Waals surface area (Å²) in [5.41, 5.74) is 7.35. The van der Waals surface area contributed by atoms with E-state index in [-0.39, 0.29) is 11.4 Å². The number of hydrogen-bond donors (Lipinski definition) is 1. The number of benzene rings is 1. The molecule has 2 nitrogen and oxygen atoms in total. The van der Waals surface area contributed by atoms with Gasteiger partial charge in [0.05, 0.1) is 5.54 Å². The Kier molecular flexibility index (Phi) is 3.04. The van der Waals surface area contributed by atoms with Crippen LogP contribution >= 0.6 is 0 Å². The molecule has 0 saturated heterocycles. The lowest BCUT2D eigenvalue weighted by molar-refractivity contribution is -0.0525. The summed E-state index contributed by atoms with van der Waals surface area (Å²) in [4.78, 5) is 2.32. The first-order valence-electron chi connectivity index (χ1n) is 8.33. The molecule has 0 atom stereocenters. The predicted octanol–water partition coefficient (Wildman–Crippen LogP) is 3.42. The lowest BCUT2D eigenvalue weighted by atomic mass is 9.48. The first-order chi connectivity index (χ1) is 10.1. The van der Waals surface area contributed by atoms with E-state index in [4.69, 9.17) is 5.73 Å². The zero-order valence-corrected chi connectivity index (χ0v) is 12.8. The molecule has 2 N–H and O–H groups in total. The van der Waals surface area contributed by atoms with Gasteiger partial charge in [-0.15, -0.1) is 0 Å². The van der Waals surface area contributed by atoms with Crippen molar-refractivity contribution < 1.29 is 4.39 Å². The van der Waals surface area contributed by atoms with Gasteiger partial charge >= 0.3 is 0 Å². The van der Waals surface area contributed by atoms with E-state index in [1.165, 1.54) is 38.2 Å². The van der Waals surface area contributed by atoms with Crippen LogP contribution in [0.3, 0.4) is 0 Å². The third-order valence-electron chi connectivity index (χ3n) is 6.70. The molecule has 0 amide bonds. The van der Waals surface area contributed by atoms with Crippen molar-refractivity contribution in [1.29, 1.82) is 0 Å². The molecule has 0 unspecified atom stereocenters. The summed E-state index contributed by atoms with van der Waals surface area (Å²) in [6, 6.07) is 7.00. The van der Waals surface area contributed by atoms with Crippen LogP contribution in [-0.4, -0.2) is 19.1 Å². The maximum Gasteiger partial charge on any atom is 0.125 e. The molecule has 4 saturated carbocycles. The van der Waals surface area contributed by atoms with E-state index in [1.54, 1.807) is 6.07 Å². The van der Waals surface area contributed by atoms with Crippen LogP contribution in [0.15, 0.2) is 24.3 Å². The Balaban J connectivity index is 1.73. The smallest absolute Gasteiger partial charge is 0.125 e. The standard InChI is InChI=1S/C18H25FN2/c1-21(17-4-2-3-16(19)10-17)18(11-20)14-6-12-5-13(8-14)9-15(18)7-12/h2-4,10,12-15H,5-9,11,20H2,1H3. The minimum atomic E-state index is -0.157. The van der Waals surface area contributed by atoms with Crippen molar-refractivity contribution in [3.05, 3.63) is 30.1 Å². The number of rotatable bonds is 3. The van der Waals surface area contributed by atoms with Crippen LogP contribution in [-0.2, 0) is 0 Å². The van der Waals surface area contributed by atoms with Gasteiger partial charge in [-0.05, 0) is 74.0 Å². The molecular formula is C18H25FN2. The highest BCUT2D eigenvalue weighted by Gasteiger charge is 2.58. The first kappa shape index (κ1) is 13.6. The second-order valence-corrected chi connectivity index (χ2v) is 7.54. The number of halogens is 1. The van der Waals surface area contributed by atoms with Crippen molar-refractivity contribution in [2.45, 2.75) is 37.6 Å². The zero-order chi connectivity index (χ0) is 14.6. The molecule has 1 aromatic rings. The summed E-state index contributed by atoms with van der Waals surface area (Å²) in [5, 5.41) is 0. The molecule has 4 bridgehead atoms. The molecule has 0 aliphatic heterocycles. The van der Waals surface area contributed by atoms with Crippen molar-refractivity contribution in [3.63, 3.8) is 0 Å². The van der Waals surface area contributed by atoms with Crippen molar-refractivity contribution in [2.75, 3.05) is 18.5 Å². The monoisotopic (exact) mass is 288 g/mol. The SMILES string of the molecule is CN(c1cccc(F)c1)C1(CN)C2CC3CC(C2)CC1C3. The highest BCUT2D eigenvalue weighted by Crippen LogP contribution is 2.60. The Morgan fingerprint density at radius 3 is 2.29 bits per heavy atom. The molecule has 3 heteroatoms. The van der Waals surface area contributed by atoms with Gasteiger partial charge in [0.1, 0.15) is 5.82 Å². The van der Waals surface area contributed by atoms with Crippen LogP contribution in [0, 0.1) is 29.5 Å². The molecule has 0 radical (unpaired) electrons. The Hall–Kier alpha value is -1.09. The summed E-state index contributed by atoms with van der Waals surface area (Å²) in [6.45, 7) is 0.689. The normalized spacial score (nSPS) is 40.5. The predicted molar refractivity (Wildman–Crippen MR) is 83.6 cm³/mol. The number of nitrogens with two attached hydrogens (primary N) is 1. The Bertz CT molecular complexity index is 514. The van der Waals surface area contributed by atoms with Crippen LogP contribution in [0.4, 0.5) is 10.1 Å². The maximum atomic E-state index is 13.6. The first-order valence-corrected chi connectivity index (χ1v) is 8.33. The van der Waals surface area contributed by atoms with Crippen LogP contribution < -0.4 is 10.6 Å². The highest BCUT2D eigenvalue weighted by molar-refractivity contribution is 5.50. The van der Waals surface area contributed by atoms with Gasteiger partial charge in [0, 0.05) is 19.3 Å². The topological polar surface area (TPSA) is 29.3 Å². The van der Waals surface area contributed by atoms with Gasteiger partial charge in [0.15, 0.2) is 0 Å². The third-order valence-corrected chi connectivity index (χ3v) is 6.70. The average molecular weight is 288 g/mol. The van der Waals surface area contributed by atoms with Gasteiger partial charge in [-0.25, -0.2) is 4.39 Å². The van der Waals surface area contributed by atoms with E-state index in [0.29, 0.717) is 18.4 Å². The molecule has 4 fully saturated rings. The lowest BCUT2D eigenvalue weighted by Gasteiger charge is -2.64. The summed E-state index contributed by atoms with van der Waals surface area (Å²) in [6.07, 6.45) is 6.73. The number of hydrogen-bond acceptors (Lipinski definition) is 2. The van der Waals surface area contributed by atoms with Crippen molar-refractivity contribution in [3.8, 4) is 0 Å². The molecule has 0 spiro atoms. The van der Waals surface area contributed by atoms with Crippen molar-refractivity contribution in [2.24, 2.45) is 29.4 Å². The second-order valence-electron chi connectivity index (χ2n) is 7.54. The van der Waals surface area contributed by atoms with Crippen LogP contribution in [0.2, 0.25) is 0 Å². The fraction of sp³-hybridized carbons (Fsp3) is 0.667. The second kappa shape index (κ2) is 4.70.